The highest BCUT2D eigenvalue weighted by molar-refractivity contribution is 9.11. The zero-order chi connectivity index (χ0) is 21.4. The first-order chi connectivity index (χ1) is 15.7. The third kappa shape index (κ3) is 2.66. The Morgan fingerprint density at radius 1 is 0.312 bits per heavy atom. The van der Waals surface area contributed by atoms with E-state index in [0.29, 0.717) is 0 Å². The van der Waals surface area contributed by atoms with E-state index in [9.17, 15) is 0 Å². The Morgan fingerprint density at radius 2 is 0.562 bits per heavy atom. The average molecular weight is 536 g/mol. The van der Waals surface area contributed by atoms with Crippen molar-refractivity contribution < 1.29 is 0 Å². The average Bonchev–Trinajstić information content (AvgIpc) is 2.83. The Labute approximate surface area is 201 Å². The summed E-state index contributed by atoms with van der Waals surface area (Å²) in [5.41, 5.74) is 0. The molecule has 7 rings (SSSR count). The molecule has 150 valence electrons. The Balaban J connectivity index is 1.62. The molecule has 32 heavy (non-hydrogen) atoms. The molecule has 0 spiro atoms. The van der Waals surface area contributed by atoms with Crippen LogP contribution in [0.15, 0.2) is 106 Å². The molecule has 0 aliphatic heterocycles. The molecule has 0 unspecified atom stereocenters. The lowest BCUT2D eigenvalue weighted by Crippen LogP contribution is -1.86. The van der Waals surface area contributed by atoms with Crippen LogP contribution < -0.4 is 0 Å². The Kier molecular flexibility index (Phi) is 3.94. The van der Waals surface area contributed by atoms with E-state index >= 15 is 0 Å². The molecule has 0 aromatic heterocycles. The smallest absolute Gasteiger partial charge is 0.0333 e. The molecule has 7 aromatic rings. The second-order valence-electron chi connectivity index (χ2n) is 8.52. The van der Waals surface area contributed by atoms with Crippen LogP contribution >= 0.6 is 31.9 Å². The highest BCUT2D eigenvalue weighted by Crippen LogP contribution is 2.43. The highest BCUT2D eigenvalue weighted by atomic mass is 79.9. The van der Waals surface area contributed by atoms with Gasteiger partial charge in [0.15, 0.2) is 0 Å². The molecule has 0 saturated heterocycles. The summed E-state index contributed by atoms with van der Waals surface area (Å²) in [5, 5.41) is 15.0. The molecule has 0 aliphatic rings. The Morgan fingerprint density at radius 3 is 0.812 bits per heavy atom. The number of rotatable bonds is 0. The SMILES string of the molecule is Brc1c2cc3cc4ccccc4cc3cc2c(Br)c2cc3cc4ccccc4cc3cc12. The predicted octanol–water partition coefficient (Wildman–Crippen LogP) is 10.1. The quantitative estimate of drug-likeness (QED) is 0.169. The van der Waals surface area contributed by atoms with Crippen molar-refractivity contribution in [1.82, 2.24) is 0 Å². The minimum atomic E-state index is 1.15. The van der Waals surface area contributed by atoms with Crippen molar-refractivity contribution in [3.63, 3.8) is 0 Å². The lowest BCUT2D eigenvalue weighted by molar-refractivity contribution is 1.76. The van der Waals surface area contributed by atoms with Gasteiger partial charge in [-0.1, -0.05) is 48.5 Å². The van der Waals surface area contributed by atoms with Crippen LogP contribution in [-0.4, -0.2) is 0 Å². The van der Waals surface area contributed by atoms with Crippen molar-refractivity contribution in [2.24, 2.45) is 0 Å². The van der Waals surface area contributed by atoms with Gasteiger partial charge in [-0.3, -0.25) is 0 Å². The van der Waals surface area contributed by atoms with Gasteiger partial charge in [0, 0.05) is 8.95 Å². The van der Waals surface area contributed by atoms with E-state index in [4.69, 9.17) is 0 Å². The summed E-state index contributed by atoms with van der Waals surface area (Å²) in [5.74, 6) is 0. The van der Waals surface area contributed by atoms with Gasteiger partial charge in [0.05, 0.1) is 0 Å². The number of halogens is 2. The van der Waals surface area contributed by atoms with Gasteiger partial charge in [-0.2, -0.15) is 0 Å². The van der Waals surface area contributed by atoms with Gasteiger partial charge in [0.2, 0.25) is 0 Å². The summed E-state index contributed by atoms with van der Waals surface area (Å²) in [6, 6.07) is 35.6. The number of benzene rings is 7. The molecular weight excluding hydrogens is 520 g/mol. The first-order valence-electron chi connectivity index (χ1n) is 10.7. The van der Waals surface area contributed by atoms with Crippen LogP contribution in [0.25, 0.3) is 64.6 Å². The van der Waals surface area contributed by atoms with Gasteiger partial charge in [-0.05, 0) is 145 Å². The minimum absolute atomic E-state index is 1.15. The fourth-order valence-corrected chi connectivity index (χ4v) is 6.31. The molecule has 0 aliphatic carbocycles. The first kappa shape index (κ1) is 18.6. The summed E-state index contributed by atoms with van der Waals surface area (Å²) in [6.45, 7) is 0. The van der Waals surface area contributed by atoms with Crippen LogP contribution in [-0.2, 0) is 0 Å². The number of hydrogen-bond donors (Lipinski definition) is 0. The van der Waals surface area contributed by atoms with E-state index in [1.54, 1.807) is 0 Å². The van der Waals surface area contributed by atoms with Crippen molar-refractivity contribution in [1.29, 1.82) is 0 Å². The monoisotopic (exact) mass is 534 g/mol. The molecule has 0 saturated carbocycles. The maximum absolute atomic E-state index is 3.97. The summed E-state index contributed by atoms with van der Waals surface area (Å²) in [4.78, 5) is 0. The van der Waals surface area contributed by atoms with Crippen molar-refractivity contribution >= 4 is 96.5 Å². The van der Waals surface area contributed by atoms with Crippen LogP contribution in [0.5, 0.6) is 0 Å². The molecule has 0 bridgehead atoms. The van der Waals surface area contributed by atoms with E-state index in [2.05, 4.69) is 129 Å². The van der Waals surface area contributed by atoms with Gasteiger partial charge < -0.3 is 0 Å². The zero-order valence-corrected chi connectivity index (χ0v) is 20.2. The van der Waals surface area contributed by atoms with Crippen molar-refractivity contribution in [3.05, 3.63) is 106 Å². The highest BCUT2D eigenvalue weighted by Gasteiger charge is 2.14. The molecule has 0 nitrogen and oxygen atoms in total. The van der Waals surface area contributed by atoms with E-state index in [1.807, 2.05) is 0 Å². The van der Waals surface area contributed by atoms with Crippen LogP contribution in [0.3, 0.4) is 0 Å². The van der Waals surface area contributed by atoms with Crippen LogP contribution in [0, 0.1) is 0 Å². The zero-order valence-electron chi connectivity index (χ0n) is 17.0. The van der Waals surface area contributed by atoms with Gasteiger partial charge in [0.25, 0.3) is 0 Å². The molecular formula is C30H16Br2. The third-order valence-electron chi connectivity index (χ3n) is 6.63. The van der Waals surface area contributed by atoms with Crippen LogP contribution in [0.2, 0.25) is 0 Å². The predicted molar refractivity (Wildman–Crippen MR) is 147 cm³/mol. The van der Waals surface area contributed by atoms with E-state index in [-0.39, 0.29) is 0 Å². The van der Waals surface area contributed by atoms with E-state index in [1.165, 1.54) is 64.6 Å². The molecule has 2 heteroatoms. The molecule has 0 N–H and O–H groups in total. The molecule has 7 aromatic carbocycles. The number of fused-ring (bicyclic) bond motifs is 6. The normalized spacial score (nSPS) is 12.1. The summed E-state index contributed by atoms with van der Waals surface area (Å²) < 4.78 is 2.30. The molecule has 0 atom stereocenters. The minimum Gasteiger partial charge on any atom is -0.0616 e. The lowest BCUT2D eigenvalue weighted by atomic mass is 9.95. The Bertz CT molecular complexity index is 1620. The summed E-state index contributed by atoms with van der Waals surface area (Å²) in [7, 11) is 0. The molecule has 0 fully saturated rings. The van der Waals surface area contributed by atoms with Crippen molar-refractivity contribution in [2.45, 2.75) is 0 Å². The van der Waals surface area contributed by atoms with Gasteiger partial charge in [0.1, 0.15) is 0 Å². The molecule has 0 heterocycles. The molecule has 0 radical (unpaired) electrons. The van der Waals surface area contributed by atoms with E-state index < -0.39 is 0 Å². The second-order valence-corrected chi connectivity index (χ2v) is 10.1. The Hall–Kier alpha value is -2.94. The van der Waals surface area contributed by atoms with E-state index in [0.717, 1.165) is 8.95 Å². The van der Waals surface area contributed by atoms with Gasteiger partial charge in [-0.25, -0.2) is 0 Å². The van der Waals surface area contributed by atoms with Crippen molar-refractivity contribution in [2.75, 3.05) is 0 Å². The first-order valence-corrected chi connectivity index (χ1v) is 12.2. The lowest BCUT2D eigenvalue weighted by Gasteiger charge is -2.14. The molecule has 0 amide bonds. The summed E-state index contributed by atoms with van der Waals surface area (Å²) in [6.07, 6.45) is 0. The largest absolute Gasteiger partial charge is 0.0616 e. The standard InChI is InChI=1S/C30H16Br2/c31-29-25-13-21-9-17-5-1-2-6-18(17)10-22(21)14-26(25)30(32)28-16-24-12-20-8-4-3-7-19(20)11-23(24)15-27(28)29/h1-16H. The fourth-order valence-electron chi connectivity index (χ4n) is 5.00. The summed E-state index contributed by atoms with van der Waals surface area (Å²) >= 11 is 7.93. The van der Waals surface area contributed by atoms with Crippen molar-refractivity contribution in [3.8, 4) is 0 Å². The fraction of sp³-hybridized carbons (Fsp3) is 0. The van der Waals surface area contributed by atoms with Gasteiger partial charge in [-0.15, -0.1) is 0 Å². The van der Waals surface area contributed by atoms with Crippen LogP contribution in [0.1, 0.15) is 0 Å². The second kappa shape index (κ2) is 6.78. The number of hydrogen-bond acceptors (Lipinski definition) is 0. The third-order valence-corrected chi connectivity index (χ3v) is 8.34. The maximum atomic E-state index is 3.97. The topological polar surface area (TPSA) is 0 Å². The van der Waals surface area contributed by atoms with Gasteiger partial charge >= 0.3 is 0 Å². The maximum Gasteiger partial charge on any atom is 0.0333 e. The van der Waals surface area contributed by atoms with Crippen LogP contribution in [0.4, 0.5) is 0 Å².